The Kier molecular flexibility index (Phi) is 6.01. The maximum absolute atomic E-state index is 13.5. The van der Waals surface area contributed by atoms with Crippen molar-refractivity contribution < 1.29 is 23.8 Å². The Labute approximate surface area is 206 Å². The molecule has 1 fully saturated rings. The third kappa shape index (κ3) is 4.33. The Bertz CT molecular complexity index is 1400. The predicted molar refractivity (Wildman–Crippen MR) is 130 cm³/mol. The largest absolute Gasteiger partial charge is 0.495 e. The Morgan fingerprint density at radius 1 is 1.25 bits per heavy atom. The Hall–Kier alpha value is -4.47. The molecular weight excluding hydrogens is 465 g/mol. The number of fused-ring (bicyclic) bond motifs is 1. The van der Waals surface area contributed by atoms with E-state index < -0.39 is 5.97 Å². The topological polar surface area (TPSA) is 100 Å². The van der Waals surface area contributed by atoms with E-state index in [1.807, 2.05) is 29.8 Å². The Balaban J connectivity index is 1.51. The molecule has 9 nitrogen and oxygen atoms in total. The molecule has 2 aliphatic rings. The standard InChI is InChI=1S/C26H24FN5O4/c1-16-13-31(15-28-16)22-8-3-17(12-23(22)36-2)11-20-25(35)32-21(18-4-6-19(27)7-5-18)9-10-30(14-24(33)34)26(32)29-20/h3-8,11-13,15,21H,9-10,14H2,1-2H3,(H,33,34)/b20-11-/t21-/m0/s1. The third-order valence-electron chi connectivity index (χ3n) is 6.22. The zero-order chi connectivity index (χ0) is 25.4. The van der Waals surface area contributed by atoms with E-state index in [0.29, 0.717) is 24.3 Å². The number of rotatable bonds is 6. The lowest BCUT2D eigenvalue weighted by atomic mass is 9.99. The smallest absolute Gasteiger partial charge is 0.323 e. The fourth-order valence-corrected chi connectivity index (χ4v) is 4.55. The molecule has 2 aliphatic heterocycles. The normalized spacial score (nSPS) is 18.4. The number of carbonyl (C=O) groups excluding carboxylic acids is 1. The van der Waals surface area contributed by atoms with Gasteiger partial charge in [-0.1, -0.05) is 18.2 Å². The van der Waals surface area contributed by atoms with Crippen molar-refractivity contribution in [1.82, 2.24) is 19.4 Å². The number of guanidine groups is 1. The van der Waals surface area contributed by atoms with E-state index in [0.717, 1.165) is 16.9 Å². The van der Waals surface area contributed by atoms with Crippen molar-refractivity contribution in [1.29, 1.82) is 0 Å². The summed E-state index contributed by atoms with van der Waals surface area (Å²) in [6.45, 7) is 2.02. The van der Waals surface area contributed by atoms with Gasteiger partial charge in [-0.15, -0.1) is 0 Å². The number of carboxylic acids is 1. The molecule has 3 aromatic rings. The van der Waals surface area contributed by atoms with Gasteiger partial charge in [0.1, 0.15) is 23.8 Å². The molecule has 1 aromatic heterocycles. The molecule has 0 bridgehead atoms. The second-order valence-electron chi connectivity index (χ2n) is 8.64. The average molecular weight is 490 g/mol. The highest BCUT2D eigenvalue weighted by Gasteiger charge is 2.42. The number of halogens is 1. The van der Waals surface area contributed by atoms with E-state index in [1.54, 1.807) is 42.6 Å². The minimum atomic E-state index is -1.02. The number of methoxy groups -OCH3 is 1. The molecule has 1 N–H and O–H groups in total. The number of aliphatic carboxylic acids is 1. The Morgan fingerprint density at radius 3 is 2.69 bits per heavy atom. The number of aryl methyl sites for hydroxylation is 1. The number of hydrogen-bond donors (Lipinski definition) is 1. The quantitative estimate of drug-likeness (QED) is 0.533. The van der Waals surface area contributed by atoms with Crippen LogP contribution >= 0.6 is 0 Å². The summed E-state index contributed by atoms with van der Waals surface area (Å²) in [5, 5.41) is 9.37. The molecular formula is C26H24FN5O4. The highest BCUT2D eigenvalue weighted by Crippen LogP contribution is 2.36. The van der Waals surface area contributed by atoms with Crippen LogP contribution in [0.25, 0.3) is 11.8 Å². The van der Waals surface area contributed by atoms with Crippen molar-refractivity contribution in [2.75, 3.05) is 20.2 Å². The van der Waals surface area contributed by atoms with Crippen molar-refractivity contribution in [3.05, 3.63) is 83.3 Å². The van der Waals surface area contributed by atoms with Crippen LogP contribution in [-0.2, 0) is 9.59 Å². The number of ether oxygens (including phenoxy) is 1. The van der Waals surface area contributed by atoms with Crippen LogP contribution in [0.2, 0.25) is 0 Å². The second kappa shape index (κ2) is 9.29. The average Bonchev–Trinajstić information content (AvgIpc) is 3.43. The molecule has 0 saturated carbocycles. The molecule has 10 heteroatoms. The van der Waals surface area contributed by atoms with Gasteiger partial charge in [-0.05, 0) is 54.8 Å². The van der Waals surface area contributed by atoms with Crippen molar-refractivity contribution in [3.63, 3.8) is 0 Å². The zero-order valence-corrected chi connectivity index (χ0v) is 19.8. The van der Waals surface area contributed by atoms with Gasteiger partial charge in [-0.2, -0.15) is 0 Å². The number of aromatic nitrogens is 2. The summed E-state index contributed by atoms with van der Waals surface area (Å²) in [5.41, 5.74) is 3.31. The molecule has 1 amide bonds. The number of aliphatic imine (C=N–C) groups is 1. The molecule has 0 unspecified atom stereocenters. The van der Waals surface area contributed by atoms with Crippen LogP contribution in [0.15, 0.2) is 65.7 Å². The zero-order valence-electron chi connectivity index (χ0n) is 19.8. The van der Waals surface area contributed by atoms with Gasteiger partial charge < -0.3 is 19.3 Å². The van der Waals surface area contributed by atoms with Gasteiger partial charge in [0.2, 0.25) is 5.96 Å². The minimum absolute atomic E-state index is 0.183. The lowest BCUT2D eigenvalue weighted by molar-refractivity contribution is -0.138. The lowest BCUT2D eigenvalue weighted by Crippen LogP contribution is -2.52. The first kappa shape index (κ1) is 23.3. The first-order valence-electron chi connectivity index (χ1n) is 11.4. The fraction of sp³-hybridized carbons (Fsp3) is 0.231. The van der Waals surface area contributed by atoms with E-state index >= 15 is 0 Å². The molecule has 0 radical (unpaired) electrons. The maximum atomic E-state index is 13.5. The van der Waals surface area contributed by atoms with Crippen LogP contribution in [-0.4, -0.2) is 62.5 Å². The van der Waals surface area contributed by atoms with Crippen LogP contribution < -0.4 is 4.74 Å². The van der Waals surface area contributed by atoms with E-state index in [4.69, 9.17) is 4.74 Å². The lowest BCUT2D eigenvalue weighted by Gasteiger charge is -2.39. The Morgan fingerprint density at radius 2 is 2.03 bits per heavy atom. The van der Waals surface area contributed by atoms with Crippen molar-refractivity contribution in [2.45, 2.75) is 19.4 Å². The number of imidazole rings is 1. The van der Waals surface area contributed by atoms with Crippen LogP contribution in [0.3, 0.4) is 0 Å². The molecule has 3 heterocycles. The molecule has 1 atom stereocenters. The number of carbonyl (C=O) groups is 2. The van der Waals surface area contributed by atoms with Gasteiger partial charge in [-0.25, -0.2) is 14.4 Å². The maximum Gasteiger partial charge on any atom is 0.323 e. The van der Waals surface area contributed by atoms with Gasteiger partial charge in [0, 0.05) is 12.7 Å². The van der Waals surface area contributed by atoms with E-state index in [9.17, 15) is 19.1 Å². The summed E-state index contributed by atoms with van der Waals surface area (Å²) in [5.74, 6) is -0.853. The number of hydrogen-bond acceptors (Lipinski definition) is 6. The first-order chi connectivity index (χ1) is 17.3. The summed E-state index contributed by atoms with van der Waals surface area (Å²) in [6.07, 6.45) is 5.72. The number of amides is 1. The highest BCUT2D eigenvalue weighted by atomic mass is 19.1. The van der Waals surface area contributed by atoms with Crippen LogP contribution in [0, 0.1) is 12.7 Å². The first-order valence-corrected chi connectivity index (χ1v) is 11.4. The monoisotopic (exact) mass is 489 g/mol. The molecule has 0 aliphatic carbocycles. The molecule has 5 rings (SSSR count). The third-order valence-corrected chi connectivity index (χ3v) is 6.22. The molecule has 0 spiro atoms. The van der Waals surface area contributed by atoms with E-state index in [2.05, 4.69) is 9.98 Å². The summed E-state index contributed by atoms with van der Waals surface area (Å²) in [7, 11) is 1.57. The van der Waals surface area contributed by atoms with Crippen LogP contribution in [0.4, 0.5) is 4.39 Å². The van der Waals surface area contributed by atoms with Gasteiger partial charge >= 0.3 is 5.97 Å². The minimum Gasteiger partial charge on any atom is -0.495 e. The molecule has 2 aromatic carbocycles. The molecule has 1 saturated heterocycles. The van der Waals surface area contributed by atoms with Crippen molar-refractivity contribution in [3.8, 4) is 11.4 Å². The van der Waals surface area contributed by atoms with Crippen LogP contribution in [0.1, 0.15) is 29.3 Å². The molecule has 184 valence electrons. The summed E-state index contributed by atoms with van der Waals surface area (Å²) >= 11 is 0. The number of benzene rings is 2. The fourth-order valence-electron chi connectivity index (χ4n) is 4.55. The van der Waals surface area contributed by atoms with Crippen molar-refractivity contribution in [2.24, 2.45) is 4.99 Å². The van der Waals surface area contributed by atoms with Gasteiger partial charge in [-0.3, -0.25) is 14.5 Å². The van der Waals surface area contributed by atoms with E-state index in [-0.39, 0.29) is 36.0 Å². The number of carboxylic acid groups (broad SMARTS) is 1. The second-order valence-corrected chi connectivity index (χ2v) is 8.64. The van der Waals surface area contributed by atoms with Crippen molar-refractivity contribution >= 4 is 23.9 Å². The molecule has 36 heavy (non-hydrogen) atoms. The summed E-state index contributed by atoms with van der Waals surface area (Å²) in [4.78, 5) is 36.8. The SMILES string of the molecule is COc1cc(/C=C2\N=C3N(CC(=O)O)CC[C@@H](c4ccc(F)cc4)N3C2=O)ccc1-n1cnc(C)c1. The summed E-state index contributed by atoms with van der Waals surface area (Å²) < 4.78 is 20.9. The highest BCUT2D eigenvalue weighted by molar-refractivity contribution is 6.14. The van der Waals surface area contributed by atoms with Crippen LogP contribution in [0.5, 0.6) is 5.75 Å². The summed E-state index contributed by atoms with van der Waals surface area (Å²) in [6, 6.07) is 11.1. The predicted octanol–water partition coefficient (Wildman–Crippen LogP) is 3.40. The van der Waals surface area contributed by atoms with Gasteiger partial charge in [0.25, 0.3) is 5.91 Å². The number of nitrogens with zero attached hydrogens (tertiary/aromatic N) is 5. The van der Waals surface area contributed by atoms with Gasteiger partial charge in [0.15, 0.2) is 0 Å². The van der Waals surface area contributed by atoms with Gasteiger partial charge in [0.05, 0.1) is 30.9 Å². The van der Waals surface area contributed by atoms with E-state index in [1.165, 1.54) is 17.0 Å².